The zero-order valence-corrected chi connectivity index (χ0v) is 13.4. The van der Waals surface area contributed by atoms with E-state index in [2.05, 4.69) is 55.3 Å². The van der Waals surface area contributed by atoms with E-state index in [1.54, 1.807) is 0 Å². The van der Waals surface area contributed by atoms with Crippen molar-refractivity contribution in [2.75, 3.05) is 27.2 Å². The number of rotatable bonds is 7. The van der Waals surface area contributed by atoms with Crippen LogP contribution in [0.1, 0.15) is 29.3 Å². The second kappa shape index (κ2) is 7.38. The monoisotopic (exact) mass is 287 g/mol. The third kappa shape index (κ3) is 4.16. The molecule has 4 nitrogen and oxygen atoms in total. The Morgan fingerprint density at radius 2 is 2.00 bits per heavy atom. The van der Waals surface area contributed by atoms with Crippen LogP contribution < -0.4 is 0 Å². The highest BCUT2D eigenvalue weighted by molar-refractivity contribution is 5.32. The molecule has 1 unspecified atom stereocenters. The zero-order valence-electron chi connectivity index (χ0n) is 13.4. The molecule has 0 saturated carbocycles. The van der Waals surface area contributed by atoms with E-state index >= 15 is 0 Å². The Morgan fingerprint density at radius 1 is 1.24 bits per heavy atom. The van der Waals surface area contributed by atoms with Crippen LogP contribution in [0.25, 0.3) is 0 Å². The molecule has 0 aliphatic carbocycles. The summed E-state index contributed by atoms with van der Waals surface area (Å²) in [7, 11) is 6.13. The number of aromatic nitrogens is 2. The van der Waals surface area contributed by atoms with E-state index in [0.717, 1.165) is 25.3 Å². The Kier molecular flexibility index (Phi) is 5.53. The molecule has 1 aromatic heterocycles. The summed E-state index contributed by atoms with van der Waals surface area (Å²) in [5, 5.41) is 4.28. The second-order valence-corrected chi connectivity index (χ2v) is 5.64. The molecule has 0 spiro atoms. The molecule has 2 aromatic rings. The van der Waals surface area contributed by atoms with Crippen molar-refractivity contribution in [3.05, 3.63) is 53.3 Å². The molecular formula is C17H25N3O. The molecule has 0 fully saturated rings. The fourth-order valence-electron chi connectivity index (χ4n) is 2.44. The van der Waals surface area contributed by atoms with Crippen molar-refractivity contribution in [2.45, 2.75) is 19.4 Å². The van der Waals surface area contributed by atoms with E-state index in [9.17, 15) is 0 Å². The van der Waals surface area contributed by atoms with Gasteiger partial charge in [0.25, 0.3) is 0 Å². The predicted octanol–water partition coefficient (Wildman–Crippen LogP) is 2.79. The van der Waals surface area contributed by atoms with Gasteiger partial charge in [0.2, 0.25) is 0 Å². The SMILES string of the molecule is Cc1ccccc1C(OCCCN(C)C)c1ccnn1C. The molecule has 1 aromatic carbocycles. The van der Waals surface area contributed by atoms with Crippen molar-refractivity contribution in [3.8, 4) is 0 Å². The number of hydrogen-bond acceptors (Lipinski definition) is 3. The van der Waals surface area contributed by atoms with Crippen LogP contribution in [0.4, 0.5) is 0 Å². The summed E-state index contributed by atoms with van der Waals surface area (Å²) in [5.74, 6) is 0. The Bertz CT molecular complexity index is 563. The number of benzene rings is 1. The number of ether oxygens (including phenoxy) is 1. The Labute approximate surface area is 127 Å². The van der Waals surface area contributed by atoms with Gasteiger partial charge in [-0.2, -0.15) is 5.10 Å². The van der Waals surface area contributed by atoms with Crippen molar-refractivity contribution in [1.29, 1.82) is 0 Å². The topological polar surface area (TPSA) is 30.3 Å². The number of nitrogens with zero attached hydrogens (tertiary/aromatic N) is 3. The predicted molar refractivity (Wildman–Crippen MR) is 85.4 cm³/mol. The van der Waals surface area contributed by atoms with Crippen LogP contribution in [-0.2, 0) is 11.8 Å². The third-order valence-electron chi connectivity index (χ3n) is 3.63. The Balaban J connectivity index is 2.16. The lowest BCUT2D eigenvalue weighted by molar-refractivity contribution is 0.0689. The smallest absolute Gasteiger partial charge is 0.124 e. The van der Waals surface area contributed by atoms with Crippen molar-refractivity contribution < 1.29 is 4.74 Å². The standard InChI is InChI=1S/C17H25N3O/c1-14-8-5-6-9-15(14)17(16-10-11-18-20(16)4)21-13-7-12-19(2)3/h5-6,8-11,17H,7,12-13H2,1-4H3. The lowest BCUT2D eigenvalue weighted by atomic mass is 10.0. The van der Waals surface area contributed by atoms with Crippen molar-refractivity contribution in [3.63, 3.8) is 0 Å². The minimum Gasteiger partial charge on any atom is -0.367 e. The maximum atomic E-state index is 6.20. The van der Waals surface area contributed by atoms with Crippen LogP contribution in [0.5, 0.6) is 0 Å². The molecule has 0 bridgehead atoms. The highest BCUT2D eigenvalue weighted by atomic mass is 16.5. The second-order valence-electron chi connectivity index (χ2n) is 5.64. The van der Waals surface area contributed by atoms with Crippen LogP contribution in [-0.4, -0.2) is 41.9 Å². The van der Waals surface area contributed by atoms with Gasteiger partial charge in [-0.3, -0.25) is 4.68 Å². The highest BCUT2D eigenvalue weighted by Crippen LogP contribution is 2.28. The molecule has 0 radical (unpaired) electrons. The summed E-state index contributed by atoms with van der Waals surface area (Å²) < 4.78 is 8.09. The lowest BCUT2D eigenvalue weighted by Crippen LogP contribution is -2.17. The van der Waals surface area contributed by atoms with E-state index < -0.39 is 0 Å². The van der Waals surface area contributed by atoms with Gasteiger partial charge in [0.05, 0.1) is 5.69 Å². The van der Waals surface area contributed by atoms with Gasteiger partial charge in [-0.1, -0.05) is 24.3 Å². The van der Waals surface area contributed by atoms with E-state index in [0.29, 0.717) is 0 Å². The molecular weight excluding hydrogens is 262 g/mol. The van der Waals surface area contributed by atoms with E-state index in [-0.39, 0.29) is 6.10 Å². The first-order valence-corrected chi connectivity index (χ1v) is 7.39. The molecule has 0 aliphatic rings. The fraction of sp³-hybridized carbons (Fsp3) is 0.471. The molecule has 0 saturated heterocycles. The molecule has 114 valence electrons. The van der Waals surface area contributed by atoms with Gasteiger partial charge in [0, 0.05) is 19.9 Å². The van der Waals surface area contributed by atoms with Gasteiger partial charge < -0.3 is 9.64 Å². The number of aryl methyl sites for hydroxylation is 2. The summed E-state index contributed by atoms with van der Waals surface area (Å²) in [4.78, 5) is 2.18. The van der Waals surface area contributed by atoms with Gasteiger partial charge in [-0.15, -0.1) is 0 Å². The summed E-state index contributed by atoms with van der Waals surface area (Å²) in [6.45, 7) is 3.90. The molecule has 1 atom stereocenters. The van der Waals surface area contributed by atoms with Crippen molar-refractivity contribution in [2.24, 2.45) is 7.05 Å². The van der Waals surface area contributed by atoms with Crippen LogP contribution >= 0.6 is 0 Å². The van der Waals surface area contributed by atoms with Crippen LogP contribution in [0, 0.1) is 6.92 Å². The summed E-state index contributed by atoms with van der Waals surface area (Å²) in [6.07, 6.45) is 2.79. The molecule has 1 heterocycles. The van der Waals surface area contributed by atoms with E-state index in [4.69, 9.17) is 4.74 Å². The van der Waals surface area contributed by atoms with E-state index in [1.807, 2.05) is 24.0 Å². The first kappa shape index (κ1) is 15.7. The quantitative estimate of drug-likeness (QED) is 0.734. The first-order valence-electron chi connectivity index (χ1n) is 7.39. The molecule has 2 rings (SSSR count). The van der Waals surface area contributed by atoms with Crippen molar-refractivity contribution in [1.82, 2.24) is 14.7 Å². The largest absolute Gasteiger partial charge is 0.367 e. The first-order chi connectivity index (χ1) is 10.1. The Morgan fingerprint density at radius 3 is 2.62 bits per heavy atom. The highest BCUT2D eigenvalue weighted by Gasteiger charge is 2.19. The van der Waals surface area contributed by atoms with Crippen LogP contribution in [0.2, 0.25) is 0 Å². The normalized spacial score (nSPS) is 12.8. The van der Waals surface area contributed by atoms with Crippen LogP contribution in [0.3, 0.4) is 0 Å². The average Bonchev–Trinajstić information content (AvgIpc) is 2.86. The zero-order chi connectivity index (χ0) is 15.2. The third-order valence-corrected chi connectivity index (χ3v) is 3.63. The summed E-state index contributed by atoms with van der Waals surface area (Å²) in [5.41, 5.74) is 3.55. The molecule has 21 heavy (non-hydrogen) atoms. The van der Waals surface area contributed by atoms with Gasteiger partial charge in [0.1, 0.15) is 6.10 Å². The average molecular weight is 287 g/mol. The number of hydrogen-bond donors (Lipinski definition) is 0. The maximum absolute atomic E-state index is 6.20. The maximum Gasteiger partial charge on any atom is 0.124 e. The van der Waals surface area contributed by atoms with Gasteiger partial charge in [0.15, 0.2) is 0 Å². The van der Waals surface area contributed by atoms with Gasteiger partial charge in [-0.05, 0) is 51.2 Å². The van der Waals surface area contributed by atoms with Gasteiger partial charge >= 0.3 is 0 Å². The Hall–Kier alpha value is -1.65. The van der Waals surface area contributed by atoms with E-state index in [1.165, 1.54) is 11.1 Å². The lowest BCUT2D eigenvalue weighted by Gasteiger charge is -2.21. The molecule has 4 heteroatoms. The molecule has 0 aliphatic heterocycles. The fourth-order valence-corrected chi connectivity index (χ4v) is 2.44. The minimum absolute atomic E-state index is 0.0548. The minimum atomic E-state index is -0.0548. The molecule has 0 N–H and O–H groups in total. The van der Waals surface area contributed by atoms with Gasteiger partial charge in [-0.25, -0.2) is 0 Å². The van der Waals surface area contributed by atoms with Crippen LogP contribution in [0.15, 0.2) is 36.5 Å². The van der Waals surface area contributed by atoms with Crippen molar-refractivity contribution >= 4 is 0 Å². The summed E-state index contributed by atoms with van der Waals surface area (Å²) in [6, 6.07) is 10.4. The summed E-state index contributed by atoms with van der Waals surface area (Å²) >= 11 is 0. The molecule has 0 amide bonds.